The van der Waals surface area contributed by atoms with E-state index in [4.69, 9.17) is 0 Å². The number of ketones is 1. The van der Waals surface area contributed by atoms with Crippen LogP contribution in [0.2, 0.25) is 0 Å². The molecule has 3 heteroatoms. The summed E-state index contributed by atoms with van der Waals surface area (Å²) >= 11 is 0. The number of aryl methyl sites for hydroxylation is 1. The SMILES string of the molecule is COC(=O)CCC(=O)C=CCCCCCCCCCCCCCc1ccccc1. The van der Waals surface area contributed by atoms with Gasteiger partial charge in [-0.25, -0.2) is 0 Å². The highest BCUT2D eigenvalue weighted by Crippen LogP contribution is 2.13. The summed E-state index contributed by atoms with van der Waals surface area (Å²) in [6.07, 6.45) is 20.7. The van der Waals surface area contributed by atoms with Gasteiger partial charge in [-0.2, -0.15) is 0 Å². The first-order valence-electron chi connectivity index (χ1n) is 11.5. The minimum Gasteiger partial charge on any atom is -0.469 e. The third kappa shape index (κ3) is 15.7. The molecule has 0 aliphatic rings. The van der Waals surface area contributed by atoms with Crippen molar-refractivity contribution in [1.82, 2.24) is 0 Å². The summed E-state index contributed by atoms with van der Waals surface area (Å²) in [4.78, 5) is 22.5. The van der Waals surface area contributed by atoms with Gasteiger partial charge in [0, 0.05) is 6.42 Å². The largest absolute Gasteiger partial charge is 0.469 e. The van der Waals surface area contributed by atoms with E-state index >= 15 is 0 Å². The summed E-state index contributed by atoms with van der Waals surface area (Å²) in [6, 6.07) is 10.8. The Bertz CT molecular complexity index is 563. The van der Waals surface area contributed by atoms with Crippen molar-refractivity contribution in [3.63, 3.8) is 0 Å². The van der Waals surface area contributed by atoms with Gasteiger partial charge >= 0.3 is 5.97 Å². The van der Waals surface area contributed by atoms with Crippen molar-refractivity contribution in [2.75, 3.05) is 7.11 Å². The number of methoxy groups -OCH3 is 1. The summed E-state index contributed by atoms with van der Waals surface area (Å²) in [6.45, 7) is 0. The minimum absolute atomic E-state index is 0.00969. The summed E-state index contributed by atoms with van der Waals surface area (Å²) in [5, 5.41) is 0. The number of ether oxygens (including phenoxy) is 1. The van der Waals surface area contributed by atoms with Gasteiger partial charge in [0.15, 0.2) is 5.78 Å². The molecule has 0 fully saturated rings. The third-order valence-corrected chi connectivity index (χ3v) is 5.29. The number of esters is 1. The van der Waals surface area contributed by atoms with Gasteiger partial charge < -0.3 is 4.74 Å². The Hall–Kier alpha value is -1.90. The number of benzene rings is 1. The summed E-state index contributed by atoms with van der Waals surface area (Å²) in [7, 11) is 1.34. The van der Waals surface area contributed by atoms with Crippen molar-refractivity contribution < 1.29 is 14.3 Å². The van der Waals surface area contributed by atoms with Crippen LogP contribution in [0.3, 0.4) is 0 Å². The van der Waals surface area contributed by atoms with E-state index in [1.807, 2.05) is 6.08 Å². The number of rotatable bonds is 18. The van der Waals surface area contributed by atoms with E-state index in [2.05, 4.69) is 35.1 Å². The summed E-state index contributed by atoms with van der Waals surface area (Å²) in [5.41, 5.74) is 1.47. The van der Waals surface area contributed by atoms with Crippen LogP contribution in [0.15, 0.2) is 42.5 Å². The van der Waals surface area contributed by atoms with E-state index in [9.17, 15) is 9.59 Å². The van der Waals surface area contributed by atoms with Gasteiger partial charge in [-0.05, 0) is 37.3 Å². The molecule has 0 radical (unpaired) electrons. The van der Waals surface area contributed by atoms with Crippen LogP contribution in [-0.2, 0) is 20.7 Å². The predicted molar refractivity (Wildman–Crippen MR) is 121 cm³/mol. The Morgan fingerprint density at radius 2 is 1.31 bits per heavy atom. The molecule has 29 heavy (non-hydrogen) atoms. The number of allylic oxidation sites excluding steroid dienone is 2. The molecule has 0 aromatic heterocycles. The zero-order valence-electron chi connectivity index (χ0n) is 18.4. The van der Waals surface area contributed by atoms with Gasteiger partial charge in [-0.15, -0.1) is 0 Å². The Balaban J connectivity index is 1.79. The molecule has 1 aromatic rings. The fourth-order valence-electron chi connectivity index (χ4n) is 3.45. The van der Waals surface area contributed by atoms with Crippen molar-refractivity contribution in [2.24, 2.45) is 0 Å². The summed E-state index contributed by atoms with van der Waals surface area (Å²) < 4.78 is 4.53. The van der Waals surface area contributed by atoms with Gasteiger partial charge in [0.1, 0.15) is 0 Å². The van der Waals surface area contributed by atoms with Crippen LogP contribution < -0.4 is 0 Å². The van der Waals surface area contributed by atoms with Crippen LogP contribution in [0.25, 0.3) is 0 Å². The van der Waals surface area contributed by atoms with E-state index in [0.717, 1.165) is 12.8 Å². The van der Waals surface area contributed by atoms with E-state index < -0.39 is 0 Å². The second-order valence-electron chi connectivity index (χ2n) is 7.86. The molecule has 162 valence electrons. The van der Waals surface area contributed by atoms with Crippen molar-refractivity contribution >= 4 is 11.8 Å². The predicted octanol–water partition coefficient (Wildman–Crippen LogP) is 6.99. The average molecular weight is 401 g/mol. The van der Waals surface area contributed by atoms with Crippen LogP contribution in [0.1, 0.15) is 95.5 Å². The zero-order valence-corrected chi connectivity index (χ0v) is 18.4. The molecule has 0 bridgehead atoms. The second kappa shape index (κ2) is 18.1. The van der Waals surface area contributed by atoms with E-state index in [1.54, 1.807) is 6.08 Å². The third-order valence-electron chi connectivity index (χ3n) is 5.29. The lowest BCUT2D eigenvalue weighted by atomic mass is 10.0. The molecule has 0 amide bonds. The van der Waals surface area contributed by atoms with Crippen LogP contribution in [0, 0.1) is 0 Å². The lowest BCUT2D eigenvalue weighted by Gasteiger charge is -2.03. The molecule has 0 heterocycles. The Morgan fingerprint density at radius 3 is 1.90 bits per heavy atom. The zero-order chi connectivity index (χ0) is 21.0. The highest BCUT2D eigenvalue weighted by molar-refractivity contribution is 5.91. The smallest absolute Gasteiger partial charge is 0.305 e. The second-order valence-corrected chi connectivity index (χ2v) is 7.86. The molecule has 1 rings (SSSR count). The van der Waals surface area contributed by atoms with Gasteiger partial charge in [-0.1, -0.05) is 94.2 Å². The molecule has 0 saturated heterocycles. The van der Waals surface area contributed by atoms with Crippen LogP contribution in [-0.4, -0.2) is 18.9 Å². The highest BCUT2D eigenvalue weighted by Gasteiger charge is 2.03. The van der Waals surface area contributed by atoms with Crippen LogP contribution in [0.4, 0.5) is 0 Å². The maximum Gasteiger partial charge on any atom is 0.305 e. The van der Waals surface area contributed by atoms with Gasteiger partial charge in [0.2, 0.25) is 0 Å². The molecular formula is C26H40O3. The normalized spacial score (nSPS) is 11.1. The molecule has 1 aromatic carbocycles. The lowest BCUT2D eigenvalue weighted by molar-refractivity contribution is -0.141. The first kappa shape index (κ1) is 25.1. The molecule has 0 N–H and O–H groups in total. The molecule has 0 aliphatic heterocycles. The molecule has 0 atom stereocenters. The van der Waals surface area contributed by atoms with Gasteiger partial charge in [0.05, 0.1) is 13.5 Å². The topological polar surface area (TPSA) is 43.4 Å². The number of hydrogen-bond donors (Lipinski definition) is 0. The Kier molecular flexibility index (Phi) is 15.7. The lowest BCUT2D eigenvalue weighted by Crippen LogP contribution is -2.03. The van der Waals surface area contributed by atoms with Gasteiger partial charge in [-0.3, -0.25) is 9.59 Å². The standard InChI is InChI=1S/C26H40O3/c1-29-26(28)23-22-25(27)21-17-12-10-8-6-4-2-3-5-7-9-11-14-18-24-19-15-13-16-20-24/h13,15-17,19-21H,2-12,14,18,22-23H2,1H3. The van der Waals surface area contributed by atoms with E-state index in [0.29, 0.717) is 0 Å². The van der Waals surface area contributed by atoms with E-state index in [1.165, 1.54) is 83.3 Å². The first-order chi connectivity index (χ1) is 14.2. The number of hydrogen-bond acceptors (Lipinski definition) is 3. The minimum atomic E-state index is -0.324. The monoisotopic (exact) mass is 400 g/mol. The molecule has 0 spiro atoms. The van der Waals surface area contributed by atoms with Crippen molar-refractivity contribution in [2.45, 2.75) is 96.3 Å². The highest BCUT2D eigenvalue weighted by atomic mass is 16.5. The van der Waals surface area contributed by atoms with Gasteiger partial charge in [0.25, 0.3) is 0 Å². The molecule has 3 nitrogen and oxygen atoms in total. The van der Waals surface area contributed by atoms with Crippen molar-refractivity contribution in [1.29, 1.82) is 0 Å². The molecular weight excluding hydrogens is 360 g/mol. The average Bonchev–Trinajstić information content (AvgIpc) is 2.75. The summed E-state index contributed by atoms with van der Waals surface area (Å²) in [5.74, 6) is -0.315. The fourth-order valence-corrected chi connectivity index (χ4v) is 3.45. The number of unbranched alkanes of at least 4 members (excludes halogenated alkanes) is 11. The van der Waals surface area contributed by atoms with E-state index in [-0.39, 0.29) is 24.6 Å². The number of carbonyl (C=O) groups excluding carboxylic acids is 2. The Morgan fingerprint density at radius 1 is 0.759 bits per heavy atom. The van der Waals surface area contributed by atoms with Crippen LogP contribution >= 0.6 is 0 Å². The van der Waals surface area contributed by atoms with Crippen LogP contribution in [0.5, 0.6) is 0 Å². The number of carbonyl (C=O) groups is 2. The quantitative estimate of drug-likeness (QED) is 0.151. The molecule has 0 unspecified atom stereocenters. The fraction of sp³-hybridized carbons (Fsp3) is 0.615. The maximum atomic E-state index is 11.6. The molecule has 0 aliphatic carbocycles. The molecule has 0 saturated carbocycles. The van der Waals surface area contributed by atoms with Crippen molar-refractivity contribution in [3.8, 4) is 0 Å². The van der Waals surface area contributed by atoms with Crippen molar-refractivity contribution in [3.05, 3.63) is 48.0 Å². The maximum absolute atomic E-state index is 11.6. The first-order valence-corrected chi connectivity index (χ1v) is 11.5. The Labute approximate surface area is 177 Å².